The van der Waals surface area contributed by atoms with Crippen molar-refractivity contribution in [2.24, 2.45) is 0 Å². The van der Waals surface area contributed by atoms with Crippen LogP contribution in [0.2, 0.25) is 5.15 Å². The molecule has 1 aromatic carbocycles. The molecule has 0 radical (unpaired) electrons. The van der Waals surface area contributed by atoms with Gasteiger partial charge in [-0.1, -0.05) is 18.0 Å². The molecular formula is C15H13BrClFN2. The fraction of sp³-hybridized carbons (Fsp3) is 0.333. The second-order valence-corrected chi connectivity index (χ2v) is 6.17. The van der Waals surface area contributed by atoms with Crippen molar-refractivity contribution in [2.45, 2.75) is 32.1 Å². The smallest absolute Gasteiger partial charge is 0.161 e. The lowest BCUT2D eigenvalue weighted by atomic mass is 10.1. The summed E-state index contributed by atoms with van der Waals surface area (Å²) >= 11 is 9.43. The Morgan fingerprint density at radius 3 is 2.70 bits per heavy atom. The van der Waals surface area contributed by atoms with Crippen molar-refractivity contribution in [3.05, 3.63) is 44.9 Å². The van der Waals surface area contributed by atoms with E-state index in [2.05, 4.69) is 25.9 Å². The molecule has 1 aliphatic carbocycles. The van der Waals surface area contributed by atoms with Crippen LogP contribution in [0.4, 0.5) is 4.39 Å². The van der Waals surface area contributed by atoms with Crippen LogP contribution in [0.25, 0.3) is 11.4 Å². The predicted octanol–water partition coefficient (Wildman–Crippen LogP) is 4.97. The Bertz CT molecular complexity index is 661. The third kappa shape index (κ3) is 2.72. The standard InChI is InChI=1S/C15H13BrClFN2/c16-11-7-6-9(8-12(11)18)15-19-13-5-3-1-2-4-10(13)14(17)20-15/h6-8H,1-5H2. The summed E-state index contributed by atoms with van der Waals surface area (Å²) in [4.78, 5) is 8.94. The number of fused-ring (bicyclic) bond motifs is 1. The molecule has 0 aliphatic heterocycles. The van der Waals surface area contributed by atoms with Gasteiger partial charge in [0, 0.05) is 16.8 Å². The molecule has 1 aliphatic rings. The van der Waals surface area contributed by atoms with Gasteiger partial charge in [0.05, 0.1) is 4.47 Å². The predicted molar refractivity (Wildman–Crippen MR) is 81.4 cm³/mol. The first kappa shape index (κ1) is 14.0. The summed E-state index contributed by atoms with van der Waals surface area (Å²) in [5, 5.41) is 0.509. The van der Waals surface area contributed by atoms with E-state index < -0.39 is 0 Å². The average Bonchev–Trinajstić information content (AvgIpc) is 2.67. The van der Waals surface area contributed by atoms with Gasteiger partial charge in [0.2, 0.25) is 0 Å². The van der Waals surface area contributed by atoms with Crippen molar-refractivity contribution in [3.8, 4) is 11.4 Å². The lowest BCUT2D eigenvalue weighted by Gasteiger charge is -2.09. The lowest BCUT2D eigenvalue weighted by Crippen LogP contribution is -2.02. The number of halogens is 3. The summed E-state index contributed by atoms with van der Waals surface area (Å²) < 4.78 is 14.1. The Labute approximate surface area is 130 Å². The minimum atomic E-state index is -0.322. The topological polar surface area (TPSA) is 25.8 Å². The molecule has 0 amide bonds. The number of benzene rings is 1. The second-order valence-electron chi connectivity index (χ2n) is 4.95. The largest absolute Gasteiger partial charge is 0.233 e. The Morgan fingerprint density at radius 2 is 1.90 bits per heavy atom. The Morgan fingerprint density at radius 1 is 1.10 bits per heavy atom. The van der Waals surface area contributed by atoms with Crippen LogP contribution < -0.4 is 0 Å². The number of hydrogen-bond donors (Lipinski definition) is 0. The summed E-state index contributed by atoms with van der Waals surface area (Å²) in [5.41, 5.74) is 2.73. The molecule has 0 saturated heterocycles. The monoisotopic (exact) mass is 354 g/mol. The Balaban J connectivity index is 2.08. The van der Waals surface area contributed by atoms with E-state index in [1.54, 1.807) is 12.1 Å². The molecule has 5 heteroatoms. The number of hydrogen-bond acceptors (Lipinski definition) is 2. The average molecular weight is 356 g/mol. The first-order valence-corrected chi connectivity index (χ1v) is 7.83. The second kappa shape index (κ2) is 5.78. The molecule has 2 aromatic rings. The highest BCUT2D eigenvalue weighted by molar-refractivity contribution is 9.10. The maximum absolute atomic E-state index is 13.6. The minimum Gasteiger partial charge on any atom is -0.233 e. The van der Waals surface area contributed by atoms with Crippen LogP contribution in [0.5, 0.6) is 0 Å². The minimum absolute atomic E-state index is 0.322. The van der Waals surface area contributed by atoms with Crippen LogP contribution in [-0.2, 0) is 12.8 Å². The molecule has 0 bridgehead atoms. The van der Waals surface area contributed by atoms with E-state index in [1.165, 1.54) is 12.5 Å². The SMILES string of the molecule is Fc1cc(-c2nc(Cl)c3c(n2)CCCCC3)ccc1Br. The van der Waals surface area contributed by atoms with Crippen LogP contribution >= 0.6 is 27.5 Å². The van der Waals surface area contributed by atoms with Crippen molar-refractivity contribution >= 4 is 27.5 Å². The zero-order valence-electron chi connectivity index (χ0n) is 10.8. The molecule has 0 atom stereocenters. The summed E-state index contributed by atoms with van der Waals surface area (Å²) in [6, 6.07) is 4.88. The number of aryl methyl sites for hydroxylation is 1. The van der Waals surface area contributed by atoms with Gasteiger partial charge < -0.3 is 0 Å². The molecule has 104 valence electrons. The molecule has 20 heavy (non-hydrogen) atoms. The van der Waals surface area contributed by atoms with Crippen molar-refractivity contribution < 1.29 is 4.39 Å². The van der Waals surface area contributed by atoms with Crippen molar-refractivity contribution in [2.75, 3.05) is 0 Å². The maximum Gasteiger partial charge on any atom is 0.161 e. The van der Waals surface area contributed by atoms with E-state index >= 15 is 0 Å². The van der Waals surface area contributed by atoms with Gasteiger partial charge in [-0.3, -0.25) is 0 Å². The van der Waals surface area contributed by atoms with Gasteiger partial charge >= 0.3 is 0 Å². The van der Waals surface area contributed by atoms with Gasteiger partial charge in [0.1, 0.15) is 11.0 Å². The van der Waals surface area contributed by atoms with E-state index in [0.717, 1.165) is 36.9 Å². The molecular weight excluding hydrogens is 343 g/mol. The fourth-order valence-electron chi connectivity index (χ4n) is 2.49. The van der Waals surface area contributed by atoms with E-state index in [4.69, 9.17) is 11.6 Å². The van der Waals surface area contributed by atoms with Gasteiger partial charge in [-0.05, 0) is 59.8 Å². The van der Waals surface area contributed by atoms with Crippen molar-refractivity contribution in [1.82, 2.24) is 9.97 Å². The van der Waals surface area contributed by atoms with E-state index in [9.17, 15) is 4.39 Å². The van der Waals surface area contributed by atoms with Crippen molar-refractivity contribution in [3.63, 3.8) is 0 Å². The van der Waals surface area contributed by atoms with Crippen LogP contribution in [0, 0.1) is 5.82 Å². The van der Waals surface area contributed by atoms with Gasteiger partial charge in [-0.2, -0.15) is 0 Å². The molecule has 0 saturated carbocycles. The van der Waals surface area contributed by atoms with E-state index in [0.29, 0.717) is 21.0 Å². The van der Waals surface area contributed by atoms with Crippen molar-refractivity contribution in [1.29, 1.82) is 0 Å². The van der Waals surface area contributed by atoms with Crippen LogP contribution in [-0.4, -0.2) is 9.97 Å². The van der Waals surface area contributed by atoms with Gasteiger partial charge in [0.15, 0.2) is 5.82 Å². The zero-order chi connectivity index (χ0) is 14.1. The van der Waals surface area contributed by atoms with Crippen LogP contribution in [0.1, 0.15) is 30.5 Å². The van der Waals surface area contributed by atoms with E-state index in [-0.39, 0.29) is 5.82 Å². The maximum atomic E-state index is 13.6. The first-order valence-electron chi connectivity index (χ1n) is 6.66. The fourth-order valence-corrected chi connectivity index (χ4v) is 3.02. The Hall–Kier alpha value is -1.00. The number of aromatic nitrogens is 2. The molecule has 2 nitrogen and oxygen atoms in total. The third-order valence-electron chi connectivity index (χ3n) is 3.56. The van der Waals surface area contributed by atoms with Crippen LogP contribution in [0.15, 0.2) is 22.7 Å². The summed E-state index contributed by atoms with van der Waals surface area (Å²) in [6.45, 7) is 0. The third-order valence-corrected chi connectivity index (χ3v) is 4.52. The number of nitrogens with zero attached hydrogens (tertiary/aromatic N) is 2. The summed E-state index contributed by atoms with van der Waals surface area (Å²) in [5.74, 6) is 0.180. The highest BCUT2D eigenvalue weighted by atomic mass is 79.9. The quantitative estimate of drug-likeness (QED) is 0.533. The Kier molecular flexibility index (Phi) is 4.03. The molecule has 1 aromatic heterocycles. The molecule has 0 spiro atoms. The van der Waals surface area contributed by atoms with Gasteiger partial charge in [-0.25, -0.2) is 14.4 Å². The summed E-state index contributed by atoms with van der Waals surface area (Å²) in [7, 11) is 0. The van der Waals surface area contributed by atoms with Crippen LogP contribution in [0.3, 0.4) is 0 Å². The van der Waals surface area contributed by atoms with Gasteiger partial charge in [0.25, 0.3) is 0 Å². The molecule has 0 fully saturated rings. The zero-order valence-corrected chi connectivity index (χ0v) is 13.1. The molecule has 0 N–H and O–H groups in total. The normalized spacial score (nSPS) is 14.8. The van der Waals surface area contributed by atoms with Gasteiger partial charge in [-0.15, -0.1) is 0 Å². The number of rotatable bonds is 1. The highest BCUT2D eigenvalue weighted by Crippen LogP contribution is 2.28. The van der Waals surface area contributed by atoms with E-state index in [1.807, 2.05) is 0 Å². The first-order chi connectivity index (χ1) is 9.65. The molecule has 3 rings (SSSR count). The summed E-state index contributed by atoms with van der Waals surface area (Å²) in [6.07, 6.45) is 5.29. The lowest BCUT2D eigenvalue weighted by molar-refractivity contribution is 0.621. The molecule has 1 heterocycles. The highest BCUT2D eigenvalue weighted by Gasteiger charge is 2.16. The molecule has 0 unspecified atom stereocenters.